The largest absolute Gasteiger partial charge is 0.315 e. The zero-order valence-electron chi connectivity index (χ0n) is 14.0. The molecule has 2 heterocycles. The molecule has 0 aliphatic carbocycles. The van der Waals surface area contributed by atoms with Gasteiger partial charge in [0.15, 0.2) is 0 Å². The molecule has 21 heavy (non-hydrogen) atoms. The predicted octanol–water partition coefficient (Wildman–Crippen LogP) is 3.06. The Morgan fingerprint density at radius 3 is 2.81 bits per heavy atom. The van der Waals surface area contributed by atoms with Gasteiger partial charge in [0.05, 0.1) is 0 Å². The zero-order valence-corrected chi connectivity index (χ0v) is 14.8. The molecule has 0 fully saturated rings. The van der Waals surface area contributed by atoms with Crippen molar-refractivity contribution in [2.75, 3.05) is 12.3 Å². The van der Waals surface area contributed by atoms with Crippen molar-refractivity contribution < 1.29 is 0 Å². The Bertz CT molecular complexity index is 436. The van der Waals surface area contributed by atoms with Gasteiger partial charge in [-0.3, -0.25) is 0 Å². The highest BCUT2D eigenvalue weighted by molar-refractivity contribution is 8.00. The van der Waals surface area contributed by atoms with E-state index in [0.717, 1.165) is 37.5 Å². The topological polar surface area (TPSA) is 42.7 Å². The van der Waals surface area contributed by atoms with Gasteiger partial charge in [-0.1, -0.05) is 27.2 Å². The molecule has 1 aromatic rings. The maximum absolute atomic E-state index is 4.39. The van der Waals surface area contributed by atoms with Crippen LogP contribution in [-0.2, 0) is 19.4 Å². The number of aryl methyl sites for hydroxylation is 1. The molecule has 2 rings (SSSR count). The van der Waals surface area contributed by atoms with E-state index in [1.807, 2.05) is 11.8 Å². The fourth-order valence-corrected chi connectivity index (χ4v) is 3.46. The normalized spacial score (nSPS) is 17.3. The van der Waals surface area contributed by atoms with Crippen molar-refractivity contribution in [3.63, 3.8) is 0 Å². The molecule has 1 unspecified atom stereocenters. The first-order valence-corrected chi connectivity index (χ1v) is 9.22. The third-order valence-electron chi connectivity index (χ3n) is 3.79. The summed E-state index contributed by atoms with van der Waals surface area (Å²) < 4.78 is 2.70. The van der Waals surface area contributed by atoms with Crippen LogP contribution in [-0.4, -0.2) is 37.9 Å². The minimum atomic E-state index is 0.347. The first kappa shape index (κ1) is 16.8. The van der Waals surface area contributed by atoms with Crippen LogP contribution >= 0.6 is 11.8 Å². The Hall–Kier alpha value is -0.550. The lowest BCUT2D eigenvalue weighted by Crippen LogP contribution is -2.32. The summed E-state index contributed by atoms with van der Waals surface area (Å²) in [6, 6.07) is 0.542. The van der Waals surface area contributed by atoms with E-state index in [1.165, 1.54) is 25.1 Å². The van der Waals surface area contributed by atoms with Crippen molar-refractivity contribution >= 4 is 11.8 Å². The van der Waals surface area contributed by atoms with Crippen molar-refractivity contribution in [2.45, 2.75) is 77.1 Å². The summed E-state index contributed by atoms with van der Waals surface area (Å²) in [5, 5.41) is 12.4. The number of hydrogen-bond acceptors (Lipinski definition) is 4. The van der Waals surface area contributed by atoms with Crippen molar-refractivity contribution in [1.29, 1.82) is 0 Å². The van der Waals surface area contributed by atoms with Gasteiger partial charge in [-0.15, -0.1) is 10.2 Å². The summed E-state index contributed by atoms with van der Waals surface area (Å²) >= 11 is 2.02. The van der Waals surface area contributed by atoms with E-state index in [-0.39, 0.29) is 0 Å². The summed E-state index contributed by atoms with van der Waals surface area (Å²) in [6.07, 6.45) is 5.93. The van der Waals surface area contributed by atoms with Crippen molar-refractivity contribution in [1.82, 2.24) is 20.1 Å². The molecule has 1 aliphatic heterocycles. The van der Waals surface area contributed by atoms with Crippen LogP contribution in [0.5, 0.6) is 0 Å². The van der Waals surface area contributed by atoms with E-state index in [0.29, 0.717) is 10.8 Å². The minimum Gasteiger partial charge on any atom is -0.315 e. The number of nitrogens with one attached hydrogen (secondary N) is 1. The first-order chi connectivity index (χ1) is 9.96. The lowest BCUT2D eigenvalue weighted by molar-refractivity contribution is 0.559. The second-order valence-corrected chi connectivity index (χ2v) is 8.87. The third kappa shape index (κ3) is 5.62. The molecule has 0 spiro atoms. The van der Waals surface area contributed by atoms with Gasteiger partial charge in [0.2, 0.25) is 0 Å². The van der Waals surface area contributed by atoms with Crippen LogP contribution in [0.4, 0.5) is 0 Å². The summed E-state index contributed by atoms with van der Waals surface area (Å²) in [5.41, 5.74) is 0. The first-order valence-electron chi connectivity index (χ1n) is 8.24. The van der Waals surface area contributed by atoms with Gasteiger partial charge in [-0.05, 0) is 19.8 Å². The number of fused-ring (bicyclic) bond motifs is 1. The Kier molecular flexibility index (Phi) is 6.11. The Balaban J connectivity index is 1.75. The highest BCUT2D eigenvalue weighted by atomic mass is 32.2. The monoisotopic (exact) mass is 310 g/mol. The molecule has 0 saturated heterocycles. The van der Waals surface area contributed by atoms with E-state index >= 15 is 0 Å². The van der Waals surface area contributed by atoms with Crippen LogP contribution in [0.15, 0.2) is 0 Å². The average molecular weight is 311 g/mol. The minimum absolute atomic E-state index is 0.347. The Morgan fingerprint density at radius 2 is 2.05 bits per heavy atom. The van der Waals surface area contributed by atoms with Gasteiger partial charge in [-0.25, -0.2) is 0 Å². The molecule has 120 valence electrons. The van der Waals surface area contributed by atoms with E-state index in [4.69, 9.17) is 0 Å². The van der Waals surface area contributed by atoms with Crippen molar-refractivity contribution in [2.24, 2.45) is 0 Å². The van der Waals surface area contributed by atoms with Gasteiger partial charge in [-0.2, -0.15) is 11.8 Å². The van der Waals surface area contributed by atoms with Crippen LogP contribution in [0, 0.1) is 0 Å². The maximum atomic E-state index is 4.39. The molecule has 0 radical (unpaired) electrons. The molecule has 0 bridgehead atoms. The fraction of sp³-hybridized carbons (Fsp3) is 0.875. The lowest BCUT2D eigenvalue weighted by Gasteiger charge is -2.21. The summed E-state index contributed by atoms with van der Waals surface area (Å²) in [7, 11) is 0. The molecule has 0 amide bonds. The molecular weight excluding hydrogens is 280 g/mol. The number of aromatic nitrogens is 3. The van der Waals surface area contributed by atoms with Crippen LogP contribution in [0.1, 0.15) is 58.6 Å². The van der Waals surface area contributed by atoms with Crippen LogP contribution < -0.4 is 5.32 Å². The summed E-state index contributed by atoms with van der Waals surface area (Å²) in [4.78, 5) is 0. The van der Waals surface area contributed by atoms with Crippen molar-refractivity contribution in [3.05, 3.63) is 11.6 Å². The molecule has 1 N–H and O–H groups in total. The molecule has 1 aliphatic rings. The maximum Gasteiger partial charge on any atom is 0.134 e. The molecule has 0 saturated carbocycles. The molecular formula is C16H30N4S. The van der Waals surface area contributed by atoms with Crippen LogP contribution in [0.25, 0.3) is 0 Å². The van der Waals surface area contributed by atoms with E-state index in [9.17, 15) is 0 Å². The highest BCUT2D eigenvalue weighted by Gasteiger charge is 2.15. The lowest BCUT2D eigenvalue weighted by atomic mass is 10.2. The molecule has 1 aromatic heterocycles. The van der Waals surface area contributed by atoms with Gasteiger partial charge >= 0.3 is 0 Å². The SMILES string of the molecule is CC(CSC(C)(C)C)NCCc1nnc2n1CCCCC2. The van der Waals surface area contributed by atoms with Gasteiger partial charge in [0.25, 0.3) is 0 Å². The van der Waals surface area contributed by atoms with E-state index in [1.54, 1.807) is 0 Å². The summed E-state index contributed by atoms with van der Waals surface area (Å²) in [5.74, 6) is 3.51. The quantitative estimate of drug-likeness (QED) is 0.877. The van der Waals surface area contributed by atoms with Crippen molar-refractivity contribution in [3.8, 4) is 0 Å². The Morgan fingerprint density at radius 1 is 1.24 bits per heavy atom. The fourth-order valence-electron chi connectivity index (χ4n) is 2.59. The van der Waals surface area contributed by atoms with Gasteiger partial charge in [0.1, 0.15) is 11.6 Å². The summed E-state index contributed by atoms with van der Waals surface area (Å²) in [6.45, 7) is 11.2. The second-order valence-electron chi connectivity index (χ2n) is 7.02. The number of nitrogens with zero attached hydrogens (tertiary/aromatic N) is 3. The smallest absolute Gasteiger partial charge is 0.134 e. The van der Waals surface area contributed by atoms with Crippen LogP contribution in [0.2, 0.25) is 0 Å². The molecule has 4 nitrogen and oxygen atoms in total. The number of rotatable bonds is 6. The second kappa shape index (κ2) is 7.63. The molecule has 0 aromatic carbocycles. The zero-order chi connectivity index (χ0) is 15.3. The van der Waals surface area contributed by atoms with Crippen LogP contribution in [0.3, 0.4) is 0 Å². The molecule has 1 atom stereocenters. The standard InChI is InChI=1S/C16H30N4S/c1-13(12-21-16(2,3)4)17-10-9-15-19-18-14-8-6-5-7-11-20(14)15/h13,17H,5-12H2,1-4H3. The molecule has 5 heteroatoms. The average Bonchev–Trinajstić information content (AvgIpc) is 2.65. The predicted molar refractivity (Wildman–Crippen MR) is 91.0 cm³/mol. The number of hydrogen-bond donors (Lipinski definition) is 1. The van der Waals surface area contributed by atoms with Gasteiger partial charge in [0, 0.05) is 42.5 Å². The van der Waals surface area contributed by atoms with E-state index < -0.39 is 0 Å². The highest BCUT2D eigenvalue weighted by Crippen LogP contribution is 2.23. The number of thioether (sulfide) groups is 1. The van der Waals surface area contributed by atoms with Gasteiger partial charge < -0.3 is 9.88 Å². The third-order valence-corrected chi connectivity index (χ3v) is 5.33. The Labute approximate surface area is 133 Å². The van der Waals surface area contributed by atoms with E-state index in [2.05, 4.69) is 47.8 Å².